The molecule has 17 heavy (non-hydrogen) atoms. The molecule has 0 radical (unpaired) electrons. The molecular formula is C12H19N3O2. The first-order chi connectivity index (χ1) is 8.24. The van der Waals surface area contributed by atoms with Gasteiger partial charge in [0.25, 0.3) is 5.91 Å². The normalized spacial score (nSPS) is 10.1. The van der Waals surface area contributed by atoms with E-state index in [0.29, 0.717) is 31.1 Å². The number of nitrogens with two attached hydrogens (primary N) is 1. The fourth-order valence-corrected chi connectivity index (χ4v) is 1.63. The Bertz CT molecular complexity index is 363. The minimum Gasteiger partial charge on any atom is -0.480 e. The molecule has 0 aliphatic carbocycles. The highest BCUT2D eigenvalue weighted by Gasteiger charge is 2.18. The predicted molar refractivity (Wildman–Crippen MR) is 66.0 cm³/mol. The second kappa shape index (κ2) is 6.85. The van der Waals surface area contributed by atoms with Crippen LogP contribution in [-0.4, -0.2) is 42.5 Å². The second-order valence-electron chi connectivity index (χ2n) is 3.64. The number of carbonyl (C=O) groups is 1. The van der Waals surface area contributed by atoms with E-state index in [1.807, 2.05) is 6.92 Å². The van der Waals surface area contributed by atoms with Crippen LogP contribution >= 0.6 is 0 Å². The van der Waals surface area contributed by atoms with E-state index in [4.69, 9.17) is 10.5 Å². The first kappa shape index (κ1) is 13.4. The van der Waals surface area contributed by atoms with Gasteiger partial charge in [0, 0.05) is 25.8 Å². The number of carbonyl (C=O) groups excluding carboxylic acids is 1. The van der Waals surface area contributed by atoms with Gasteiger partial charge in [-0.1, -0.05) is 6.92 Å². The van der Waals surface area contributed by atoms with Gasteiger partial charge in [-0.15, -0.1) is 0 Å². The van der Waals surface area contributed by atoms with Crippen molar-refractivity contribution < 1.29 is 9.53 Å². The summed E-state index contributed by atoms with van der Waals surface area (Å²) in [6.07, 6.45) is 2.50. The Hall–Kier alpha value is -1.62. The summed E-state index contributed by atoms with van der Waals surface area (Å²) in [7, 11) is 1.51. The topological polar surface area (TPSA) is 68.5 Å². The van der Waals surface area contributed by atoms with Gasteiger partial charge in [-0.3, -0.25) is 4.79 Å². The zero-order valence-corrected chi connectivity index (χ0v) is 10.3. The van der Waals surface area contributed by atoms with Gasteiger partial charge in [0.1, 0.15) is 5.56 Å². The van der Waals surface area contributed by atoms with Gasteiger partial charge in [0.05, 0.1) is 7.11 Å². The van der Waals surface area contributed by atoms with Crippen molar-refractivity contribution in [3.63, 3.8) is 0 Å². The molecule has 1 rings (SSSR count). The maximum atomic E-state index is 12.3. The molecule has 1 amide bonds. The Labute approximate surface area is 102 Å². The van der Waals surface area contributed by atoms with Crippen LogP contribution in [0.2, 0.25) is 0 Å². The summed E-state index contributed by atoms with van der Waals surface area (Å²) in [5.74, 6) is 0.276. The minimum atomic E-state index is -0.0812. The van der Waals surface area contributed by atoms with Gasteiger partial charge in [0.15, 0.2) is 0 Å². The SMILES string of the molecule is CCCN(CCN)C(=O)c1cccnc1OC. The number of hydrogen-bond acceptors (Lipinski definition) is 4. The van der Waals surface area contributed by atoms with E-state index in [2.05, 4.69) is 4.98 Å². The molecule has 0 fully saturated rings. The molecule has 0 aliphatic rings. The molecule has 0 unspecified atom stereocenters. The molecular weight excluding hydrogens is 218 g/mol. The van der Waals surface area contributed by atoms with Crippen LogP contribution in [0, 0.1) is 0 Å². The van der Waals surface area contributed by atoms with E-state index < -0.39 is 0 Å². The van der Waals surface area contributed by atoms with Crippen LogP contribution in [0.5, 0.6) is 5.88 Å². The molecule has 0 aliphatic heterocycles. The van der Waals surface area contributed by atoms with Crippen molar-refractivity contribution in [1.29, 1.82) is 0 Å². The first-order valence-electron chi connectivity index (χ1n) is 5.73. The Balaban J connectivity index is 2.92. The lowest BCUT2D eigenvalue weighted by Crippen LogP contribution is -2.36. The van der Waals surface area contributed by atoms with Crippen LogP contribution in [0.3, 0.4) is 0 Å². The first-order valence-corrected chi connectivity index (χ1v) is 5.73. The van der Waals surface area contributed by atoms with Crippen LogP contribution < -0.4 is 10.5 Å². The van der Waals surface area contributed by atoms with E-state index in [1.54, 1.807) is 23.2 Å². The summed E-state index contributed by atoms with van der Waals surface area (Å²) in [6.45, 7) is 3.71. The molecule has 5 heteroatoms. The lowest BCUT2D eigenvalue weighted by Gasteiger charge is -2.21. The van der Waals surface area contributed by atoms with Crippen molar-refractivity contribution in [3.05, 3.63) is 23.9 Å². The number of aromatic nitrogens is 1. The number of amides is 1. The lowest BCUT2D eigenvalue weighted by atomic mass is 10.2. The van der Waals surface area contributed by atoms with Crippen molar-refractivity contribution in [1.82, 2.24) is 9.88 Å². The Morgan fingerprint density at radius 1 is 1.53 bits per heavy atom. The molecule has 5 nitrogen and oxygen atoms in total. The number of methoxy groups -OCH3 is 1. The molecule has 0 spiro atoms. The molecule has 0 atom stereocenters. The number of ether oxygens (including phenoxy) is 1. The van der Waals surface area contributed by atoms with Gasteiger partial charge >= 0.3 is 0 Å². The minimum absolute atomic E-state index is 0.0812. The fourth-order valence-electron chi connectivity index (χ4n) is 1.63. The summed E-state index contributed by atoms with van der Waals surface area (Å²) < 4.78 is 5.08. The van der Waals surface area contributed by atoms with Gasteiger partial charge in [-0.2, -0.15) is 0 Å². The van der Waals surface area contributed by atoms with Gasteiger partial charge in [-0.25, -0.2) is 4.98 Å². The van der Waals surface area contributed by atoms with Crippen LogP contribution in [0.25, 0.3) is 0 Å². The third-order valence-electron chi connectivity index (χ3n) is 2.37. The van der Waals surface area contributed by atoms with Gasteiger partial charge < -0.3 is 15.4 Å². The van der Waals surface area contributed by atoms with E-state index in [1.165, 1.54) is 7.11 Å². The van der Waals surface area contributed by atoms with Crippen molar-refractivity contribution in [3.8, 4) is 5.88 Å². The molecule has 0 saturated carbocycles. The highest BCUT2D eigenvalue weighted by atomic mass is 16.5. The van der Waals surface area contributed by atoms with Crippen LogP contribution in [0.4, 0.5) is 0 Å². The van der Waals surface area contributed by atoms with E-state index in [9.17, 15) is 4.79 Å². The van der Waals surface area contributed by atoms with Crippen molar-refractivity contribution >= 4 is 5.91 Å². The predicted octanol–water partition coefficient (Wildman–Crippen LogP) is 0.901. The zero-order valence-electron chi connectivity index (χ0n) is 10.3. The summed E-state index contributed by atoms with van der Waals surface area (Å²) >= 11 is 0. The molecule has 94 valence electrons. The van der Waals surface area contributed by atoms with Gasteiger partial charge in [0.2, 0.25) is 5.88 Å². The number of rotatable bonds is 6. The second-order valence-corrected chi connectivity index (χ2v) is 3.64. The summed E-state index contributed by atoms with van der Waals surface area (Å²) in [4.78, 5) is 18.0. The highest BCUT2D eigenvalue weighted by molar-refractivity contribution is 5.96. The largest absolute Gasteiger partial charge is 0.480 e. The van der Waals surface area contributed by atoms with Gasteiger partial charge in [-0.05, 0) is 18.6 Å². The molecule has 2 N–H and O–H groups in total. The van der Waals surface area contributed by atoms with E-state index in [0.717, 1.165) is 6.42 Å². The number of nitrogens with zero attached hydrogens (tertiary/aromatic N) is 2. The average molecular weight is 237 g/mol. The van der Waals surface area contributed by atoms with Crippen molar-refractivity contribution in [2.45, 2.75) is 13.3 Å². The summed E-state index contributed by atoms with van der Waals surface area (Å²) in [5, 5.41) is 0. The number of pyridine rings is 1. The molecule has 1 aromatic heterocycles. The molecule has 0 bridgehead atoms. The highest BCUT2D eigenvalue weighted by Crippen LogP contribution is 2.16. The zero-order chi connectivity index (χ0) is 12.7. The third-order valence-corrected chi connectivity index (χ3v) is 2.37. The monoisotopic (exact) mass is 237 g/mol. The molecule has 0 saturated heterocycles. The smallest absolute Gasteiger partial charge is 0.259 e. The van der Waals surface area contributed by atoms with E-state index >= 15 is 0 Å². The average Bonchev–Trinajstić information content (AvgIpc) is 2.37. The van der Waals surface area contributed by atoms with Crippen LogP contribution in [0.1, 0.15) is 23.7 Å². The van der Waals surface area contributed by atoms with Crippen LogP contribution in [0.15, 0.2) is 18.3 Å². The third kappa shape index (κ3) is 3.42. The van der Waals surface area contributed by atoms with Crippen molar-refractivity contribution in [2.75, 3.05) is 26.7 Å². The lowest BCUT2D eigenvalue weighted by molar-refractivity contribution is 0.0756. The summed E-state index contributed by atoms with van der Waals surface area (Å²) in [5.41, 5.74) is 5.99. The standard InChI is InChI=1S/C12H19N3O2/c1-3-8-15(9-6-13)12(16)10-5-4-7-14-11(10)17-2/h4-5,7H,3,6,8-9,13H2,1-2H3. The molecule has 1 heterocycles. The maximum Gasteiger partial charge on any atom is 0.259 e. The van der Waals surface area contributed by atoms with E-state index in [-0.39, 0.29) is 5.91 Å². The maximum absolute atomic E-state index is 12.3. The molecule has 0 aromatic carbocycles. The van der Waals surface area contributed by atoms with Crippen molar-refractivity contribution in [2.24, 2.45) is 5.73 Å². The number of hydrogen-bond donors (Lipinski definition) is 1. The molecule has 1 aromatic rings. The summed E-state index contributed by atoms with van der Waals surface area (Å²) in [6, 6.07) is 3.44. The Kier molecular flexibility index (Phi) is 5.42. The quantitative estimate of drug-likeness (QED) is 0.798. The van der Waals surface area contributed by atoms with Crippen LogP contribution in [-0.2, 0) is 0 Å². The fraction of sp³-hybridized carbons (Fsp3) is 0.500. The Morgan fingerprint density at radius 3 is 2.88 bits per heavy atom. The Morgan fingerprint density at radius 2 is 2.29 bits per heavy atom.